The number of hydrogen-bond donors (Lipinski definition) is 0. The van der Waals surface area contributed by atoms with Gasteiger partial charge >= 0.3 is 5.97 Å². The summed E-state index contributed by atoms with van der Waals surface area (Å²) in [5.74, 6) is -1.01. The van der Waals surface area contributed by atoms with Crippen molar-refractivity contribution in [1.82, 2.24) is 0 Å². The number of benzene rings is 2. The van der Waals surface area contributed by atoms with E-state index < -0.39 is 15.8 Å². The van der Waals surface area contributed by atoms with E-state index >= 15 is 0 Å². The van der Waals surface area contributed by atoms with Crippen LogP contribution in [0.1, 0.15) is 28.4 Å². The third-order valence-corrected chi connectivity index (χ3v) is 5.04. The van der Waals surface area contributed by atoms with E-state index in [4.69, 9.17) is 4.74 Å². The molecule has 0 radical (unpaired) electrons. The number of carbonyl (C=O) groups excluding carboxylic acids is 2. The highest BCUT2D eigenvalue weighted by Gasteiger charge is 2.16. The second-order valence-electron chi connectivity index (χ2n) is 5.55. The third kappa shape index (κ3) is 4.76. The van der Waals surface area contributed by atoms with E-state index in [2.05, 4.69) is 0 Å². The van der Waals surface area contributed by atoms with Crippen molar-refractivity contribution in [2.75, 3.05) is 6.61 Å². The highest BCUT2D eigenvalue weighted by Crippen LogP contribution is 2.17. The normalized spacial score (nSPS) is 11.1. The van der Waals surface area contributed by atoms with Gasteiger partial charge in [-0.2, -0.15) is 0 Å². The van der Waals surface area contributed by atoms with E-state index in [1.807, 2.05) is 6.92 Å². The first-order valence-electron chi connectivity index (χ1n) is 7.33. The van der Waals surface area contributed by atoms with Crippen LogP contribution in [0, 0.1) is 6.92 Å². The second kappa shape index (κ2) is 7.40. The Morgan fingerprint density at radius 1 is 0.958 bits per heavy atom. The SMILES string of the molecule is CC(=O)COC(=O)c1ccc(CS(=O)(=O)c2ccc(C)cc2)cc1. The quantitative estimate of drug-likeness (QED) is 0.752. The maximum absolute atomic E-state index is 12.4. The summed E-state index contributed by atoms with van der Waals surface area (Å²) in [6.45, 7) is 2.94. The molecule has 2 rings (SSSR count). The van der Waals surface area contributed by atoms with Gasteiger partial charge in [0.15, 0.2) is 15.6 Å². The lowest BCUT2D eigenvalue weighted by Crippen LogP contribution is -2.11. The standard InChI is InChI=1S/C18H18O5S/c1-13-3-9-17(10-4-13)24(21,22)12-15-5-7-16(8-6-15)18(20)23-11-14(2)19/h3-10H,11-12H2,1-2H3. The van der Waals surface area contributed by atoms with Gasteiger partial charge in [0.05, 0.1) is 16.2 Å². The third-order valence-electron chi connectivity index (χ3n) is 3.33. The van der Waals surface area contributed by atoms with Crippen LogP contribution in [0.3, 0.4) is 0 Å². The number of hydrogen-bond acceptors (Lipinski definition) is 5. The van der Waals surface area contributed by atoms with Crippen LogP contribution in [0.2, 0.25) is 0 Å². The van der Waals surface area contributed by atoms with Crippen LogP contribution in [-0.2, 0) is 25.1 Å². The van der Waals surface area contributed by atoms with Crippen LogP contribution >= 0.6 is 0 Å². The molecular formula is C18H18O5S. The molecule has 0 saturated carbocycles. The minimum atomic E-state index is -3.45. The molecule has 2 aromatic carbocycles. The Labute approximate surface area is 141 Å². The molecule has 6 heteroatoms. The van der Waals surface area contributed by atoms with Gasteiger partial charge in [-0.25, -0.2) is 13.2 Å². The molecule has 0 aliphatic heterocycles. The smallest absolute Gasteiger partial charge is 0.338 e. The highest BCUT2D eigenvalue weighted by atomic mass is 32.2. The highest BCUT2D eigenvalue weighted by molar-refractivity contribution is 7.90. The molecule has 5 nitrogen and oxygen atoms in total. The molecular weight excluding hydrogens is 328 g/mol. The van der Waals surface area contributed by atoms with Crippen LogP contribution < -0.4 is 0 Å². The number of ketones is 1. The Balaban J connectivity index is 2.09. The van der Waals surface area contributed by atoms with Crippen LogP contribution in [0.5, 0.6) is 0 Å². The molecule has 0 saturated heterocycles. The summed E-state index contributed by atoms with van der Waals surface area (Å²) < 4.78 is 29.6. The van der Waals surface area contributed by atoms with Gasteiger partial charge in [0.1, 0.15) is 6.61 Å². The Morgan fingerprint density at radius 2 is 1.54 bits per heavy atom. The lowest BCUT2D eigenvalue weighted by atomic mass is 10.1. The fraction of sp³-hybridized carbons (Fsp3) is 0.222. The largest absolute Gasteiger partial charge is 0.454 e. The first-order valence-corrected chi connectivity index (χ1v) is 8.98. The van der Waals surface area contributed by atoms with Gasteiger partial charge < -0.3 is 4.74 Å². The molecule has 0 fully saturated rings. The monoisotopic (exact) mass is 346 g/mol. The first kappa shape index (κ1) is 17.9. The molecule has 24 heavy (non-hydrogen) atoms. The van der Waals surface area contributed by atoms with Gasteiger partial charge in [0.2, 0.25) is 0 Å². The minimum Gasteiger partial charge on any atom is -0.454 e. The van der Waals surface area contributed by atoms with Gasteiger partial charge in [-0.05, 0) is 43.7 Å². The van der Waals surface area contributed by atoms with E-state index in [0.717, 1.165) is 5.56 Å². The average Bonchev–Trinajstić information content (AvgIpc) is 2.53. The van der Waals surface area contributed by atoms with E-state index in [0.29, 0.717) is 5.56 Å². The number of carbonyl (C=O) groups is 2. The van der Waals surface area contributed by atoms with Gasteiger partial charge in [-0.15, -0.1) is 0 Å². The molecule has 0 heterocycles. The molecule has 0 aliphatic carbocycles. The van der Waals surface area contributed by atoms with Crippen molar-refractivity contribution < 1.29 is 22.7 Å². The van der Waals surface area contributed by atoms with Crippen LogP contribution in [0.15, 0.2) is 53.4 Å². The molecule has 0 aromatic heterocycles. The summed E-state index contributed by atoms with van der Waals surface area (Å²) in [7, 11) is -3.45. The maximum Gasteiger partial charge on any atom is 0.338 e. The molecule has 0 aliphatic rings. The fourth-order valence-electron chi connectivity index (χ4n) is 2.04. The second-order valence-corrected chi connectivity index (χ2v) is 7.54. The van der Waals surface area contributed by atoms with Gasteiger partial charge in [0.25, 0.3) is 0 Å². The van der Waals surface area contributed by atoms with E-state index in [-0.39, 0.29) is 28.6 Å². The van der Waals surface area contributed by atoms with Crippen molar-refractivity contribution in [3.8, 4) is 0 Å². The predicted molar refractivity (Wildman–Crippen MR) is 89.5 cm³/mol. The Kier molecular flexibility index (Phi) is 5.51. The van der Waals surface area contributed by atoms with E-state index in [1.165, 1.54) is 19.1 Å². The lowest BCUT2D eigenvalue weighted by molar-refractivity contribution is -0.120. The van der Waals surface area contributed by atoms with Crippen molar-refractivity contribution in [2.24, 2.45) is 0 Å². The number of ether oxygens (including phenoxy) is 1. The fourth-order valence-corrected chi connectivity index (χ4v) is 3.38. The van der Waals surface area contributed by atoms with Crippen molar-refractivity contribution >= 4 is 21.6 Å². The summed E-state index contributed by atoms with van der Waals surface area (Å²) in [6.07, 6.45) is 0. The van der Waals surface area contributed by atoms with Crippen LogP contribution in [0.25, 0.3) is 0 Å². The van der Waals surface area contributed by atoms with Gasteiger partial charge in [-0.3, -0.25) is 4.79 Å². The average molecular weight is 346 g/mol. The number of esters is 1. The van der Waals surface area contributed by atoms with Crippen molar-refractivity contribution in [2.45, 2.75) is 24.5 Å². The summed E-state index contributed by atoms with van der Waals surface area (Å²) >= 11 is 0. The Bertz CT molecular complexity index is 834. The van der Waals surface area contributed by atoms with E-state index in [1.54, 1.807) is 36.4 Å². The Morgan fingerprint density at radius 3 is 2.08 bits per heavy atom. The zero-order valence-corrected chi connectivity index (χ0v) is 14.3. The number of aryl methyl sites for hydroxylation is 1. The molecule has 0 bridgehead atoms. The van der Waals surface area contributed by atoms with Crippen molar-refractivity contribution in [3.05, 3.63) is 65.2 Å². The Hall–Kier alpha value is -2.47. The minimum absolute atomic E-state index is 0.154. The molecule has 0 atom stereocenters. The summed E-state index contributed by atoms with van der Waals surface area (Å²) in [5.41, 5.74) is 1.83. The zero-order valence-electron chi connectivity index (χ0n) is 13.5. The first-order chi connectivity index (χ1) is 11.3. The molecule has 0 spiro atoms. The molecule has 0 N–H and O–H groups in total. The number of Topliss-reactive ketones (excluding diaryl/α,β-unsaturated/α-hetero) is 1. The van der Waals surface area contributed by atoms with Crippen LogP contribution in [0.4, 0.5) is 0 Å². The number of sulfone groups is 1. The van der Waals surface area contributed by atoms with Crippen molar-refractivity contribution in [3.63, 3.8) is 0 Å². The topological polar surface area (TPSA) is 77.5 Å². The van der Waals surface area contributed by atoms with Gasteiger partial charge in [0, 0.05) is 0 Å². The van der Waals surface area contributed by atoms with Crippen LogP contribution in [-0.4, -0.2) is 26.8 Å². The summed E-state index contributed by atoms with van der Waals surface area (Å²) in [6, 6.07) is 12.8. The van der Waals surface area contributed by atoms with E-state index in [9.17, 15) is 18.0 Å². The summed E-state index contributed by atoms with van der Waals surface area (Å²) in [4.78, 5) is 22.8. The van der Waals surface area contributed by atoms with Crippen molar-refractivity contribution in [1.29, 1.82) is 0 Å². The molecule has 2 aromatic rings. The molecule has 0 unspecified atom stereocenters. The number of rotatable bonds is 6. The molecule has 0 amide bonds. The van der Waals surface area contributed by atoms with Gasteiger partial charge in [-0.1, -0.05) is 29.8 Å². The molecule has 126 valence electrons. The summed E-state index contributed by atoms with van der Waals surface area (Å²) in [5, 5.41) is 0. The lowest BCUT2D eigenvalue weighted by Gasteiger charge is -2.07. The zero-order chi connectivity index (χ0) is 17.7. The maximum atomic E-state index is 12.4. The predicted octanol–water partition coefficient (Wildman–Crippen LogP) is 2.71.